The maximum atomic E-state index is 12.1. The summed E-state index contributed by atoms with van der Waals surface area (Å²) in [6.07, 6.45) is 0. The fraction of sp³-hybridized carbons (Fsp3) is 1.00. The highest BCUT2D eigenvalue weighted by Gasteiger charge is 2.34. The first-order chi connectivity index (χ1) is 6.89. The summed E-state index contributed by atoms with van der Waals surface area (Å²) in [7, 11) is -1.65. The van der Waals surface area contributed by atoms with Gasteiger partial charge in [0, 0.05) is 38.8 Å². The quantitative estimate of drug-likeness (QED) is 0.741. The molecule has 0 spiro atoms. The number of nitrogens with zero attached hydrogens (tertiary/aromatic N) is 2. The van der Waals surface area contributed by atoms with E-state index in [1.165, 1.54) is 4.31 Å². The van der Waals surface area contributed by atoms with E-state index in [2.05, 4.69) is 5.32 Å². The van der Waals surface area contributed by atoms with E-state index in [9.17, 15) is 8.42 Å². The summed E-state index contributed by atoms with van der Waals surface area (Å²) in [4.78, 5) is 0. The molecule has 1 fully saturated rings. The molecule has 6 heteroatoms. The Hall–Kier alpha value is -0.170. The predicted molar refractivity (Wildman–Crippen MR) is 60.9 cm³/mol. The van der Waals surface area contributed by atoms with Gasteiger partial charge in [0.05, 0.1) is 0 Å². The van der Waals surface area contributed by atoms with Crippen molar-refractivity contribution in [3.8, 4) is 0 Å². The Balaban J connectivity index is 2.85. The summed E-state index contributed by atoms with van der Waals surface area (Å²) in [6.45, 7) is 7.55. The number of hydrogen-bond acceptors (Lipinski definition) is 3. The van der Waals surface area contributed by atoms with E-state index in [1.807, 2.05) is 20.8 Å². The molecule has 1 aliphatic rings. The molecule has 1 saturated heterocycles. The highest BCUT2D eigenvalue weighted by Crippen LogP contribution is 2.14. The molecular formula is C9H21N3O2S. The molecule has 0 bridgehead atoms. The smallest absolute Gasteiger partial charge is 0.282 e. The lowest BCUT2D eigenvalue weighted by atomic mass is 10.2. The zero-order chi connectivity index (χ0) is 11.6. The Kier molecular flexibility index (Phi) is 4.11. The van der Waals surface area contributed by atoms with Gasteiger partial charge in [0.15, 0.2) is 0 Å². The van der Waals surface area contributed by atoms with Crippen LogP contribution in [0.5, 0.6) is 0 Å². The lowest BCUT2D eigenvalue weighted by Gasteiger charge is -2.38. The van der Waals surface area contributed by atoms with Gasteiger partial charge < -0.3 is 5.32 Å². The van der Waals surface area contributed by atoms with Crippen LogP contribution >= 0.6 is 0 Å². The van der Waals surface area contributed by atoms with Crippen LogP contribution < -0.4 is 5.32 Å². The first-order valence-corrected chi connectivity index (χ1v) is 6.75. The van der Waals surface area contributed by atoms with Crippen molar-refractivity contribution in [1.82, 2.24) is 13.9 Å². The molecule has 0 aromatic heterocycles. The van der Waals surface area contributed by atoms with Gasteiger partial charge >= 0.3 is 0 Å². The van der Waals surface area contributed by atoms with E-state index in [4.69, 9.17) is 0 Å². The minimum absolute atomic E-state index is 0.0280. The second kappa shape index (κ2) is 4.78. The highest BCUT2D eigenvalue weighted by molar-refractivity contribution is 7.86. The molecule has 90 valence electrons. The van der Waals surface area contributed by atoms with Gasteiger partial charge in [-0.1, -0.05) is 6.92 Å². The van der Waals surface area contributed by atoms with Crippen LogP contribution in [0, 0.1) is 0 Å². The molecule has 1 N–H and O–H groups in total. The molecule has 0 aliphatic carbocycles. The predicted octanol–water partition coefficient (Wildman–Crippen LogP) is -0.135. The molecule has 5 nitrogen and oxygen atoms in total. The molecule has 1 heterocycles. The summed E-state index contributed by atoms with van der Waals surface area (Å²) in [5.74, 6) is 0. The molecule has 1 rings (SSSR count). The van der Waals surface area contributed by atoms with Crippen molar-refractivity contribution >= 4 is 10.2 Å². The van der Waals surface area contributed by atoms with E-state index >= 15 is 0 Å². The monoisotopic (exact) mass is 235 g/mol. The maximum Gasteiger partial charge on any atom is 0.282 e. The molecule has 0 aromatic rings. The van der Waals surface area contributed by atoms with E-state index in [0.717, 1.165) is 6.54 Å². The Morgan fingerprint density at radius 1 is 1.47 bits per heavy atom. The largest absolute Gasteiger partial charge is 0.311 e. The van der Waals surface area contributed by atoms with Gasteiger partial charge in [0.1, 0.15) is 0 Å². The highest BCUT2D eigenvalue weighted by atomic mass is 32.2. The summed E-state index contributed by atoms with van der Waals surface area (Å²) in [5.41, 5.74) is 0. The van der Waals surface area contributed by atoms with Crippen molar-refractivity contribution in [2.45, 2.75) is 32.9 Å². The van der Waals surface area contributed by atoms with Crippen LogP contribution in [0.25, 0.3) is 0 Å². The number of hydrogen-bond donors (Lipinski definition) is 1. The zero-order valence-electron chi connectivity index (χ0n) is 9.90. The SMILES string of the molecule is CCN(C)S(=O)(=O)N1CC(C)NCC1C. The topological polar surface area (TPSA) is 52.7 Å². The first kappa shape index (κ1) is 12.9. The zero-order valence-corrected chi connectivity index (χ0v) is 10.7. The van der Waals surface area contributed by atoms with Crippen molar-refractivity contribution in [3.05, 3.63) is 0 Å². The third kappa shape index (κ3) is 2.69. The van der Waals surface area contributed by atoms with Gasteiger partial charge in [-0.3, -0.25) is 0 Å². The third-order valence-electron chi connectivity index (χ3n) is 2.84. The van der Waals surface area contributed by atoms with Crippen LogP contribution in [-0.2, 0) is 10.2 Å². The Labute approximate surface area is 92.6 Å². The average Bonchev–Trinajstić information content (AvgIpc) is 2.20. The molecule has 2 unspecified atom stereocenters. The molecule has 1 aliphatic heterocycles. The van der Waals surface area contributed by atoms with Gasteiger partial charge in [-0.2, -0.15) is 17.0 Å². The second-order valence-electron chi connectivity index (χ2n) is 4.15. The molecule has 0 radical (unpaired) electrons. The van der Waals surface area contributed by atoms with Crippen molar-refractivity contribution in [2.75, 3.05) is 26.7 Å². The minimum Gasteiger partial charge on any atom is -0.311 e. The summed E-state index contributed by atoms with van der Waals surface area (Å²) < 4.78 is 27.2. The molecule has 15 heavy (non-hydrogen) atoms. The van der Waals surface area contributed by atoms with Crippen molar-refractivity contribution in [3.63, 3.8) is 0 Å². The third-order valence-corrected chi connectivity index (χ3v) is 4.99. The number of nitrogens with one attached hydrogen (secondary N) is 1. The van der Waals surface area contributed by atoms with Crippen LogP contribution in [0.4, 0.5) is 0 Å². The lowest BCUT2D eigenvalue weighted by Crippen LogP contribution is -2.58. The van der Waals surface area contributed by atoms with Gasteiger partial charge in [-0.25, -0.2) is 0 Å². The van der Waals surface area contributed by atoms with Crippen molar-refractivity contribution in [2.24, 2.45) is 0 Å². The van der Waals surface area contributed by atoms with Crippen LogP contribution in [0.15, 0.2) is 0 Å². The molecule has 2 atom stereocenters. The van der Waals surface area contributed by atoms with Crippen molar-refractivity contribution < 1.29 is 8.42 Å². The van der Waals surface area contributed by atoms with Gasteiger partial charge in [-0.05, 0) is 13.8 Å². The van der Waals surface area contributed by atoms with Crippen LogP contribution in [0.3, 0.4) is 0 Å². The molecule has 0 saturated carbocycles. The first-order valence-electron chi connectivity index (χ1n) is 5.36. The molecule has 0 aromatic carbocycles. The normalized spacial score (nSPS) is 29.7. The maximum absolute atomic E-state index is 12.1. The Morgan fingerprint density at radius 3 is 2.60 bits per heavy atom. The fourth-order valence-corrected chi connectivity index (χ4v) is 3.28. The summed E-state index contributed by atoms with van der Waals surface area (Å²) >= 11 is 0. The minimum atomic E-state index is -3.27. The fourth-order valence-electron chi connectivity index (χ4n) is 1.65. The number of rotatable bonds is 3. The van der Waals surface area contributed by atoms with E-state index in [0.29, 0.717) is 13.1 Å². The Bertz CT molecular complexity index is 304. The standard InChI is InChI=1S/C9H21N3O2S/c1-5-11(4)15(13,14)12-7-8(2)10-6-9(12)3/h8-10H,5-7H2,1-4H3. The summed E-state index contributed by atoms with van der Waals surface area (Å²) in [5, 5.41) is 3.27. The average molecular weight is 235 g/mol. The lowest BCUT2D eigenvalue weighted by molar-refractivity contribution is 0.231. The number of piperazine rings is 1. The molecular weight excluding hydrogens is 214 g/mol. The van der Waals surface area contributed by atoms with E-state index in [1.54, 1.807) is 11.4 Å². The van der Waals surface area contributed by atoms with E-state index < -0.39 is 10.2 Å². The van der Waals surface area contributed by atoms with Gasteiger partial charge in [0.25, 0.3) is 10.2 Å². The Morgan fingerprint density at radius 2 is 2.07 bits per heavy atom. The second-order valence-corrected chi connectivity index (χ2v) is 6.14. The van der Waals surface area contributed by atoms with Gasteiger partial charge in [-0.15, -0.1) is 0 Å². The van der Waals surface area contributed by atoms with Crippen LogP contribution in [0.1, 0.15) is 20.8 Å². The van der Waals surface area contributed by atoms with E-state index in [-0.39, 0.29) is 12.1 Å². The summed E-state index contributed by atoms with van der Waals surface area (Å²) in [6, 6.07) is 0.251. The van der Waals surface area contributed by atoms with Gasteiger partial charge in [0.2, 0.25) is 0 Å². The van der Waals surface area contributed by atoms with Crippen molar-refractivity contribution in [1.29, 1.82) is 0 Å². The van der Waals surface area contributed by atoms with Crippen LogP contribution in [0.2, 0.25) is 0 Å². The van der Waals surface area contributed by atoms with Crippen LogP contribution in [-0.4, -0.2) is 55.8 Å². The molecule has 0 amide bonds.